The van der Waals surface area contributed by atoms with E-state index >= 15 is 0 Å². The molecule has 1 amide bonds. The summed E-state index contributed by atoms with van der Waals surface area (Å²) < 4.78 is 14.1. The molecule has 0 radical (unpaired) electrons. The second-order valence-electron chi connectivity index (χ2n) is 7.08. The Morgan fingerprint density at radius 2 is 2.18 bits per heavy atom. The molecule has 2 aromatic heterocycles. The first kappa shape index (κ1) is 18.9. The van der Waals surface area contributed by atoms with Gasteiger partial charge in [0.25, 0.3) is 0 Å². The maximum absolute atomic E-state index is 14.1. The molecule has 2 atom stereocenters. The zero-order chi connectivity index (χ0) is 19.7. The number of pyridine rings is 1. The number of hydrogen-bond donors (Lipinski definition) is 1. The van der Waals surface area contributed by atoms with Gasteiger partial charge in [0.15, 0.2) is 0 Å². The van der Waals surface area contributed by atoms with Crippen LogP contribution in [0.4, 0.5) is 4.39 Å². The fraction of sp³-hybridized carbons (Fsp3) is 0.400. The van der Waals surface area contributed by atoms with Crippen LogP contribution in [0.15, 0.2) is 30.5 Å². The second-order valence-corrected chi connectivity index (χ2v) is 8.26. The standard InChI is InChI=1S/C20H22FN5OS/c1-12-24-25-20(28-12)13-3-4-14-10-23-16(8-15(14)7-13)9-19(27)26-6-5-18(22-2)17(21)11-26/h3-4,7-8,10,17-18,22H,5-6,9,11H2,1-2H3/t17-,18-/m1/s1. The Labute approximate surface area is 166 Å². The van der Waals surface area contributed by atoms with E-state index in [1.165, 1.54) is 0 Å². The van der Waals surface area contributed by atoms with Gasteiger partial charge in [-0.3, -0.25) is 9.78 Å². The van der Waals surface area contributed by atoms with Crippen molar-refractivity contribution in [3.8, 4) is 10.6 Å². The number of benzene rings is 1. The van der Waals surface area contributed by atoms with Crippen molar-refractivity contribution < 1.29 is 9.18 Å². The van der Waals surface area contributed by atoms with E-state index in [2.05, 4.69) is 20.5 Å². The maximum atomic E-state index is 14.1. The van der Waals surface area contributed by atoms with Crippen LogP contribution in [0.1, 0.15) is 17.1 Å². The van der Waals surface area contributed by atoms with Crippen molar-refractivity contribution in [1.82, 2.24) is 25.4 Å². The third-order valence-electron chi connectivity index (χ3n) is 5.15. The zero-order valence-corrected chi connectivity index (χ0v) is 16.7. The van der Waals surface area contributed by atoms with Gasteiger partial charge < -0.3 is 10.2 Å². The lowest BCUT2D eigenvalue weighted by atomic mass is 10.0. The molecule has 1 N–H and O–H groups in total. The summed E-state index contributed by atoms with van der Waals surface area (Å²) in [7, 11) is 1.76. The average Bonchev–Trinajstić information content (AvgIpc) is 3.13. The topological polar surface area (TPSA) is 71.0 Å². The molecule has 146 valence electrons. The molecule has 28 heavy (non-hydrogen) atoms. The number of aromatic nitrogens is 3. The molecule has 1 aliphatic heterocycles. The highest BCUT2D eigenvalue weighted by molar-refractivity contribution is 7.14. The molecular weight excluding hydrogens is 377 g/mol. The molecule has 3 heterocycles. The second kappa shape index (κ2) is 7.89. The average molecular weight is 399 g/mol. The summed E-state index contributed by atoms with van der Waals surface area (Å²) >= 11 is 1.55. The number of carbonyl (C=O) groups excluding carboxylic acids is 1. The molecule has 0 aliphatic carbocycles. The summed E-state index contributed by atoms with van der Waals surface area (Å²) in [6, 6.07) is 7.79. The molecule has 3 aromatic rings. The van der Waals surface area contributed by atoms with Crippen molar-refractivity contribution >= 4 is 28.0 Å². The van der Waals surface area contributed by atoms with Gasteiger partial charge in [0.05, 0.1) is 18.7 Å². The van der Waals surface area contributed by atoms with Crippen molar-refractivity contribution in [3.05, 3.63) is 41.2 Å². The van der Waals surface area contributed by atoms with E-state index in [0.717, 1.165) is 26.4 Å². The largest absolute Gasteiger partial charge is 0.339 e. The first-order chi connectivity index (χ1) is 13.5. The Morgan fingerprint density at radius 1 is 1.32 bits per heavy atom. The Bertz CT molecular complexity index is 1010. The highest BCUT2D eigenvalue weighted by Crippen LogP contribution is 2.27. The van der Waals surface area contributed by atoms with Crippen LogP contribution in [0.25, 0.3) is 21.3 Å². The molecule has 1 saturated heterocycles. The van der Waals surface area contributed by atoms with Crippen molar-refractivity contribution in [1.29, 1.82) is 0 Å². The van der Waals surface area contributed by atoms with Gasteiger partial charge >= 0.3 is 0 Å². The maximum Gasteiger partial charge on any atom is 0.228 e. The molecule has 1 fully saturated rings. The molecule has 0 unspecified atom stereocenters. The quantitative estimate of drug-likeness (QED) is 0.731. The lowest BCUT2D eigenvalue weighted by molar-refractivity contribution is -0.133. The Balaban J connectivity index is 1.51. The molecule has 0 bridgehead atoms. The number of nitrogens with zero attached hydrogens (tertiary/aromatic N) is 4. The smallest absolute Gasteiger partial charge is 0.228 e. The predicted molar refractivity (Wildman–Crippen MR) is 108 cm³/mol. The molecule has 6 nitrogen and oxygen atoms in total. The van der Waals surface area contributed by atoms with Gasteiger partial charge in [-0.25, -0.2) is 4.39 Å². The van der Waals surface area contributed by atoms with Gasteiger partial charge in [-0.05, 0) is 37.9 Å². The third-order valence-corrected chi connectivity index (χ3v) is 6.04. The third kappa shape index (κ3) is 3.88. The number of piperidine rings is 1. The van der Waals surface area contributed by atoms with Gasteiger partial charge in [-0.2, -0.15) is 0 Å². The number of amides is 1. The summed E-state index contributed by atoms with van der Waals surface area (Å²) in [5, 5.41) is 15.0. The molecule has 0 saturated carbocycles. The lowest BCUT2D eigenvalue weighted by Crippen LogP contribution is -2.51. The SMILES string of the molecule is CN[C@@H]1CCN(C(=O)Cc2cc3cc(-c4nnc(C)s4)ccc3cn2)C[C@H]1F. The number of hydrogen-bond acceptors (Lipinski definition) is 6. The lowest BCUT2D eigenvalue weighted by Gasteiger charge is -2.34. The summed E-state index contributed by atoms with van der Waals surface area (Å²) in [6.07, 6.45) is 1.54. The Kier molecular flexibility index (Phi) is 5.32. The number of aryl methyl sites for hydroxylation is 1. The van der Waals surface area contributed by atoms with E-state index < -0.39 is 6.17 Å². The van der Waals surface area contributed by atoms with E-state index in [1.807, 2.05) is 31.2 Å². The molecular formula is C20H22FN5OS. The van der Waals surface area contributed by atoms with Crippen LogP contribution in [0.5, 0.6) is 0 Å². The Hall–Kier alpha value is -2.45. The van der Waals surface area contributed by atoms with Gasteiger partial charge in [-0.15, -0.1) is 10.2 Å². The normalized spacial score (nSPS) is 19.9. The monoisotopic (exact) mass is 399 g/mol. The van der Waals surface area contributed by atoms with E-state index in [1.54, 1.807) is 29.5 Å². The molecule has 0 spiro atoms. The van der Waals surface area contributed by atoms with Crippen LogP contribution in [0.3, 0.4) is 0 Å². The number of alkyl halides is 1. The number of likely N-dealkylation sites (tertiary alicyclic amines) is 1. The molecule has 1 aliphatic rings. The van der Waals surface area contributed by atoms with E-state index in [9.17, 15) is 9.18 Å². The molecule has 1 aromatic carbocycles. The highest BCUT2D eigenvalue weighted by atomic mass is 32.1. The summed E-state index contributed by atoms with van der Waals surface area (Å²) in [4.78, 5) is 18.6. The fourth-order valence-corrected chi connectivity index (χ4v) is 4.24. The first-order valence-electron chi connectivity index (χ1n) is 9.32. The number of rotatable bonds is 4. The van der Waals surface area contributed by atoms with Crippen molar-refractivity contribution in [2.45, 2.75) is 32.0 Å². The van der Waals surface area contributed by atoms with Crippen molar-refractivity contribution in [3.63, 3.8) is 0 Å². The Morgan fingerprint density at radius 3 is 2.89 bits per heavy atom. The number of fused-ring (bicyclic) bond motifs is 1. The minimum atomic E-state index is -1.04. The zero-order valence-electron chi connectivity index (χ0n) is 15.9. The minimum Gasteiger partial charge on any atom is -0.339 e. The summed E-state index contributed by atoms with van der Waals surface area (Å²) in [5.74, 6) is -0.0834. The van der Waals surface area contributed by atoms with Crippen LogP contribution in [0.2, 0.25) is 0 Å². The van der Waals surface area contributed by atoms with Gasteiger partial charge in [0, 0.05) is 29.7 Å². The van der Waals surface area contributed by atoms with Gasteiger partial charge in [0.1, 0.15) is 16.2 Å². The number of halogens is 1. The van der Waals surface area contributed by atoms with Crippen molar-refractivity contribution in [2.75, 3.05) is 20.1 Å². The van der Waals surface area contributed by atoms with Crippen LogP contribution in [-0.4, -0.2) is 58.3 Å². The minimum absolute atomic E-state index is 0.0834. The van der Waals surface area contributed by atoms with Crippen molar-refractivity contribution in [2.24, 2.45) is 0 Å². The fourth-order valence-electron chi connectivity index (χ4n) is 3.55. The predicted octanol–water partition coefficient (Wildman–Crippen LogP) is 2.76. The van der Waals surface area contributed by atoms with Gasteiger partial charge in [0.2, 0.25) is 5.91 Å². The van der Waals surface area contributed by atoms with Gasteiger partial charge in [-0.1, -0.05) is 23.5 Å². The van der Waals surface area contributed by atoms with Crippen LogP contribution < -0.4 is 5.32 Å². The highest BCUT2D eigenvalue weighted by Gasteiger charge is 2.30. The van der Waals surface area contributed by atoms with E-state index in [4.69, 9.17) is 0 Å². The number of carbonyl (C=O) groups is 1. The number of nitrogens with one attached hydrogen (secondary N) is 1. The van der Waals surface area contributed by atoms with Crippen LogP contribution >= 0.6 is 11.3 Å². The molecule has 4 rings (SSSR count). The first-order valence-corrected chi connectivity index (χ1v) is 10.1. The van der Waals surface area contributed by atoms with Crippen LogP contribution in [0, 0.1) is 6.92 Å². The summed E-state index contributed by atoms with van der Waals surface area (Å²) in [6.45, 7) is 2.63. The summed E-state index contributed by atoms with van der Waals surface area (Å²) in [5.41, 5.74) is 1.69. The molecule has 8 heteroatoms. The van der Waals surface area contributed by atoms with E-state index in [-0.39, 0.29) is 24.9 Å². The van der Waals surface area contributed by atoms with Crippen LogP contribution in [-0.2, 0) is 11.2 Å². The van der Waals surface area contributed by atoms with E-state index in [0.29, 0.717) is 18.7 Å².